The molecule has 0 heterocycles. The molecule has 0 aliphatic heterocycles. The van der Waals surface area contributed by atoms with E-state index in [4.69, 9.17) is 17.3 Å². The lowest BCUT2D eigenvalue weighted by molar-refractivity contribution is -0.138. The first-order valence-electron chi connectivity index (χ1n) is 5.98. The van der Waals surface area contributed by atoms with Gasteiger partial charge in [-0.25, -0.2) is 0 Å². The molecule has 108 valence electrons. The van der Waals surface area contributed by atoms with Crippen molar-refractivity contribution in [2.75, 3.05) is 0 Å². The summed E-state index contributed by atoms with van der Waals surface area (Å²) in [5.41, 5.74) is 4.74. The van der Waals surface area contributed by atoms with Crippen molar-refractivity contribution in [1.29, 1.82) is 0 Å². The van der Waals surface area contributed by atoms with Crippen LogP contribution in [0.5, 0.6) is 0 Å². The third-order valence-electron chi connectivity index (χ3n) is 3.27. The van der Waals surface area contributed by atoms with Gasteiger partial charge in [0.2, 0.25) is 0 Å². The molecular formula is C13H17ClF3NO. The van der Waals surface area contributed by atoms with Gasteiger partial charge in [-0.1, -0.05) is 37.9 Å². The first-order chi connectivity index (χ1) is 8.68. The van der Waals surface area contributed by atoms with Crippen molar-refractivity contribution in [3.63, 3.8) is 0 Å². The molecule has 0 saturated carbocycles. The summed E-state index contributed by atoms with van der Waals surface area (Å²) in [6.45, 7) is 3.58. The van der Waals surface area contributed by atoms with Crippen molar-refractivity contribution in [2.45, 2.75) is 38.6 Å². The number of aliphatic hydroxyl groups excluding tert-OH is 1. The second-order valence-electron chi connectivity index (χ2n) is 4.63. The van der Waals surface area contributed by atoms with Crippen LogP contribution in [0.1, 0.15) is 37.4 Å². The van der Waals surface area contributed by atoms with Gasteiger partial charge in [0.15, 0.2) is 0 Å². The lowest BCUT2D eigenvalue weighted by Crippen LogP contribution is -2.33. The van der Waals surface area contributed by atoms with Gasteiger partial charge in [-0.15, -0.1) is 0 Å². The van der Waals surface area contributed by atoms with Gasteiger partial charge in [0.05, 0.1) is 17.7 Å². The maximum atomic E-state index is 12.9. The van der Waals surface area contributed by atoms with E-state index in [2.05, 4.69) is 0 Å². The Morgan fingerprint density at radius 2 is 1.95 bits per heavy atom. The van der Waals surface area contributed by atoms with Crippen LogP contribution < -0.4 is 5.73 Å². The average molecular weight is 296 g/mol. The van der Waals surface area contributed by atoms with Gasteiger partial charge in [0.25, 0.3) is 0 Å². The number of alkyl halides is 3. The van der Waals surface area contributed by atoms with Crippen molar-refractivity contribution in [2.24, 2.45) is 11.7 Å². The standard InChI is InChI=1S/C13H17ClF3NO/c1-3-7(2)12(19)11(18)9-5-4-8(14)6-10(9)13(15,16)17/h4-7,11-12,19H,3,18H2,1-2H3/t7?,11-,12+/m0/s1. The van der Waals surface area contributed by atoms with Gasteiger partial charge in [-0.3, -0.25) is 0 Å². The van der Waals surface area contributed by atoms with Crippen LogP contribution in [0.15, 0.2) is 18.2 Å². The summed E-state index contributed by atoms with van der Waals surface area (Å²) in [5.74, 6) is -0.188. The Hall–Kier alpha value is -0.780. The SMILES string of the molecule is CCC(C)[C@@H](O)[C@@H](N)c1ccc(Cl)cc1C(F)(F)F. The van der Waals surface area contributed by atoms with Crippen LogP contribution >= 0.6 is 11.6 Å². The maximum absolute atomic E-state index is 12.9. The fraction of sp³-hybridized carbons (Fsp3) is 0.538. The molecule has 1 unspecified atom stereocenters. The number of hydrogen-bond acceptors (Lipinski definition) is 2. The lowest BCUT2D eigenvalue weighted by Gasteiger charge is -2.26. The fourth-order valence-electron chi connectivity index (χ4n) is 1.84. The van der Waals surface area contributed by atoms with Crippen LogP contribution in [0.25, 0.3) is 0 Å². The first kappa shape index (κ1) is 16.3. The number of benzene rings is 1. The van der Waals surface area contributed by atoms with E-state index < -0.39 is 23.9 Å². The van der Waals surface area contributed by atoms with Crippen LogP contribution in [0.2, 0.25) is 5.02 Å². The minimum absolute atomic E-state index is 0.0127. The molecule has 2 nitrogen and oxygen atoms in total. The highest BCUT2D eigenvalue weighted by atomic mass is 35.5. The quantitative estimate of drug-likeness (QED) is 0.888. The topological polar surface area (TPSA) is 46.2 Å². The second-order valence-corrected chi connectivity index (χ2v) is 5.07. The van der Waals surface area contributed by atoms with Gasteiger partial charge in [0.1, 0.15) is 0 Å². The molecule has 3 atom stereocenters. The second kappa shape index (κ2) is 6.11. The summed E-state index contributed by atoms with van der Waals surface area (Å²) in [7, 11) is 0. The molecule has 0 aliphatic rings. The van der Waals surface area contributed by atoms with Crippen molar-refractivity contribution in [3.05, 3.63) is 34.3 Å². The Kier molecular flexibility index (Phi) is 5.24. The molecular weight excluding hydrogens is 279 g/mol. The van der Waals surface area contributed by atoms with Crippen LogP contribution in [0.4, 0.5) is 13.2 Å². The summed E-state index contributed by atoms with van der Waals surface area (Å²) in [6.07, 6.45) is -4.95. The van der Waals surface area contributed by atoms with Crippen LogP contribution in [-0.4, -0.2) is 11.2 Å². The monoisotopic (exact) mass is 295 g/mol. The van der Waals surface area contributed by atoms with Crippen LogP contribution in [0.3, 0.4) is 0 Å². The van der Waals surface area contributed by atoms with Crippen molar-refractivity contribution in [1.82, 2.24) is 0 Å². The maximum Gasteiger partial charge on any atom is 0.416 e. The molecule has 0 fully saturated rings. The van der Waals surface area contributed by atoms with Crippen molar-refractivity contribution >= 4 is 11.6 Å². The Morgan fingerprint density at radius 1 is 1.37 bits per heavy atom. The molecule has 0 amide bonds. The average Bonchev–Trinajstić information content (AvgIpc) is 2.35. The predicted octanol–water partition coefficient (Wildman–Crippen LogP) is 3.77. The molecule has 1 rings (SSSR count). The number of aliphatic hydroxyl groups is 1. The zero-order valence-corrected chi connectivity index (χ0v) is 11.5. The minimum atomic E-state index is -4.55. The summed E-state index contributed by atoms with van der Waals surface area (Å²) >= 11 is 5.59. The Labute approximate surface area is 115 Å². The molecule has 0 bridgehead atoms. The third-order valence-corrected chi connectivity index (χ3v) is 3.51. The van der Waals surface area contributed by atoms with Crippen molar-refractivity contribution < 1.29 is 18.3 Å². The van der Waals surface area contributed by atoms with Gasteiger partial charge >= 0.3 is 6.18 Å². The highest BCUT2D eigenvalue weighted by molar-refractivity contribution is 6.30. The number of rotatable bonds is 4. The molecule has 0 radical (unpaired) electrons. The molecule has 3 N–H and O–H groups in total. The largest absolute Gasteiger partial charge is 0.416 e. The van der Waals surface area contributed by atoms with Gasteiger partial charge in [0, 0.05) is 5.02 Å². The van der Waals surface area contributed by atoms with Crippen molar-refractivity contribution in [3.8, 4) is 0 Å². The van der Waals surface area contributed by atoms with E-state index in [1.807, 2.05) is 6.92 Å². The fourth-order valence-corrected chi connectivity index (χ4v) is 2.02. The molecule has 6 heteroatoms. The first-order valence-corrected chi connectivity index (χ1v) is 6.36. The Balaban J connectivity index is 3.20. The Bertz CT molecular complexity index is 436. The van der Waals surface area contributed by atoms with E-state index in [1.54, 1.807) is 6.92 Å². The van der Waals surface area contributed by atoms with Gasteiger partial charge < -0.3 is 10.8 Å². The lowest BCUT2D eigenvalue weighted by atomic mass is 9.89. The molecule has 19 heavy (non-hydrogen) atoms. The van der Waals surface area contributed by atoms with E-state index in [9.17, 15) is 18.3 Å². The minimum Gasteiger partial charge on any atom is -0.391 e. The van der Waals surface area contributed by atoms with Gasteiger partial charge in [-0.2, -0.15) is 13.2 Å². The summed E-state index contributed by atoms with van der Waals surface area (Å²) < 4.78 is 38.8. The summed E-state index contributed by atoms with van der Waals surface area (Å²) in [6, 6.07) is 2.31. The molecule has 0 aromatic heterocycles. The number of halogens is 4. The molecule has 0 spiro atoms. The van der Waals surface area contributed by atoms with E-state index >= 15 is 0 Å². The van der Waals surface area contributed by atoms with Gasteiger partial charge in [-0.05, 0) is 23.6 Å². The smallest absolute Gasteiger partial charge is 0.391 e. The molecule has 0 saturated heterocycles. The molecule has 1 aromatic carbocycles. The van der Waals surface area contributed by atoms with Crippen LogP contribution in [0, 0.1) is 5.92 Å². The predicted molar refractivity (Wildman–Crippen MR) is 68.8 cm³/mol. The van der Waals surface area contributed by atoms with Crippen LogP contribution in [-0.2, 0) is 6.18 Å². The van der Waals surface area contributed by atoms with E-state index in [0.717, 1.165) is 6.07 Å². The van der Waals surface area contributed by atoms with E-state index in [-0.39, 0.29) is 16.5 Å². The highest BCUT2D eigenvalue weighted by Gasteiger charge is 2.36. The summed E-state index contributed by atoms with van der Waals surface area (Å²) in [4.78, 5) is 0. The zero-order chi connectivity index (χ0) is 14.8. The van der Waals surface area contributed by atoms with E-state index in [1.165, 1.54) is 12.1 Å². The number of hydrogen-bond donors (Lipinski definition) is 2. The third kappa shape index (κ3) is 3.84. The Morgan fingerprint density at radius 3 is 2.42 bits per heavy atom. The normalized spacial score (nSPS) is 17.1. The molecule has 1 aromatic rings. The summed E-state index contributed by atoms with van der Waals surface area (Å²) in [5, 5.41) is 9.96. The van der Waals surface area contributed by atoms with E-state index in [0.29, 0.717) is 6.42 Å². The molecule has 0 aliphatic carbocycles. The number of nitrogens with two attached hydrogens (primary N) is 1. The zero-order valence-electron chi connectivity index (χ0n) is 10.7. The highest BCUT2D eigenvalue weighted by Crippen LogP contribution is 2.37.